The molecule has 184 valence electrons. The van der Waals surface area contributed by atoms with E-state index in [1.54, 1.807) is 11.1 Å². The lowest BCUT2D eigenvalue weighted by atomic mass is 9.91. The van der Waals surface area contributed by atoms with Crippen LogP contribution in [0.1, 0.15) is 24.5 Å². The second-order valence-electron chi connectivity index (χ2n) is 9.37. The smallest absolute Gasteiger partial charge is 0.259 e. The standard InChI is InChI=1S/C27H27N5O4/c28-26-29-13-10-22-23(18-11-14-31(15-12-18)25(33)27(34)16-35-17-27)30-24(32(22)26)19-6-8-21(9-7-19)36-20-4-2-1-3-5-20/h1-10,13,18,34H,11-12,14-17H2,(H2,28,29). The molecular weight excluding hydrogens is 458 g/mol. The number of aliphatic hydroxyl groups is 1. The second-order valence-corrected chi connectivity index (χ2v) is 9.37. The highest BCUT2D eigenvalue weighted by Gasteiger charge is 2.47. The third-order valence-electron chi connectivity index (χ3n) is 6.95. The van der Waals surface area contributed by atoms with Crippen LogP contribution in [0.3, 0.4) is 0 Å². The van der Waals surface area contributed by atoms with E-state index < -0.39 is 5.60 Å². The first-order valence-electron chi connectivity index (χ1n) is 12.1. The van der Waals surface area contributed by atoms with Crippen LogP contribution in [-0.2, 0) is 9.53 Å². The van der Waals surface area contributed by atoms with Gasteiger partial charge in [-0.2, -0.15) is 0 Å². The van der Waals surface area contributed by atoms with Crippen molar-refractivity contribution < 1.29 is 19.4 Å². The van der Waals surface area contributed by atoms with Crippen LogP contribution in [0.5, 0.6) is 11.5 Å². The van der Waals surface area contributed by atoms with Gasteiger partial charge in [-0.25, -0.2) is 9.97 Å². The van der Waals surface area contributed by atoms with Gasteiger partial charge in [-0.05, 0) is 55.3 Å². The first-order valence-corrected chi connectivity index (χ1v) is 12.1. The quantitative estimate of drug-likeness (QED) is 0.446. The Hall–Kier alpha value is -3.95. The Labute approximate surface area is 208 Å². The summed E-state index contributed by atoms with van der Waals surface area (Å²) in [5.74, 6) is 2.50. The number of carbonyl (C=O) groups is 1. The zero-order valence-corrected chi connectivity index (χ0v) is 19.7. The molecule has 36 heavy (non-hydrogen) atoms. The van der Waals surface area contributed by atoms with Crippen molar-refractivity contribution in [1.29, 1.82) is 0 Å². The number of amides is 1. The van der Waals surface area contributed by atoms with Gasteiger partial charge in [0.25, 0.3) is 5.91 Å². The molecule has 2 fully saturated rings. The lowest BCUT2D eigenvalue weighted by Crippen LogP contribution is -2.62. The first kappa shape index (κ1) is 22.5. The van der Waals surface area contributed by atoms with Crippen LogP contribution in [0.4, 0.5) is 5.95 Å². The molecule has 2 aliphatic rings. The third-order valence-corrected chi connectivity index (χ3v) is 6.95. The molecule has 4 heterocycles. The van der Waals surface area contributed by atoms with Gasteiger partial charge < -0.3 is 25.2 Å². The molecular formula is C27H27N5O4. The highest BCUT2D eigenvalue weighted by atomic mass is 16.5. The molecule has 6 rings (SSSR count). The van der Waals surface area contributed by atoms with Gasteiger partial charge >= 0.3 is 0 Å². The number of ether oxygens (including phenoxy) is 2. The Morgan fingerprint density at radius 2 is 1.72 bits per heavy atom. The molecule has 0 atom stereocenters. The van der Waals surface area contributed by atoms with Gasteiger partial charge in [-0.15, -0.1) is 0 Å². The SMILES string of the molecule is Nc1nccc2c(C3CCN(C(=O)C4(O)COC4)CC3)nc(-c3ccc(Oc4ccccc4)cc3)n12. The summed E-state index contributed by atoms with van der Waals surface area (Å²) in [4.78, 5) is 23.7. The van der Waals surface area contributed by atoms with Crippen LogP contribution in [0, 0.1) is 0 Å². The zero-order chi connectivity index (χ0) is 24.7. The fourth-order valence-corrected chi connectivity index (χ4v) is 4.94. The maximum absolute atomic E-state index is 12.7. The molecule has 0 aliphatic carbocycles. The van der Waals surface area contributed by atoms with Crippen molar-refractivity contribution in [3.05, 3.63) is 72.6 Å². The topological polar surface area (TPSA) is 115 Å². The number of hydrogen-bond acceptors (Lipinski definition) is 7. The number of likely N-dealkylation sites (tertiary alicyclic amines) is 1. The number of imidazole rings is 1. The molecule has 2 aliphatic heterocycles. The van der Waals surface area contributed by atoms with E-state index in [9.17, 15) is 9.90 Å². The summed E-state index contributed by atoms with van der Waals surface area (Å²) in [5, 5.41) is 10.4. The maximum Gasteiger partial charge on any atom is 0.259 e. The number of nitrogen functional groups attached to an aromatic ring is 1. The van der Waals surface area contributed by atoms with E-state index >= 15 is 0 Å². The first-order chi connectivity index (χ1) is 17.5. The Morgan fingerprint density at radius 1 is 1.03 bits per heavy atom. The molecule has 0 unspecified atom stereocenters. The van der Waals surface area contributed by atoms with Crippen molar-refractivity contribution in [2.24, 2.45) is 0 Å². The molecule has 3 N–H and O–H groups in total. The molecule has 9 nitrogen and oxygen atoms in total. The van der Waals surface area contributed by atoms with Gasteiger partial charge in [0.15, 0.2) is 5.60 Å². The molecule has 0 bridgehead atoms. The lowest BCUT2D eigenvalue weighted by molar-refractivity contribution is -0.200. The van der Waals surface area contributed by atoms with Gasteiger partial charge in [-0.1, -0.05) is 18.2 Å². The lowest BCUT2D eigenvalue weighted by Gasteiger charge is -2.41. The fraction of sp³-hybridized carbons (Fsp3) is 0.296. The zero-order valence-electron chi connectivity index (χ0n) is 19.7. The van der Waals surface area contributed by atoms with E-state index in [1.807, 2.05) is 65.1 Å². The number of anilines is 1. The normalized spacial score (nSPS) is 17.6. The van der Waals surface area contributed by atoms with Gasteiger partial charge in [0.05, 0.1) is 24.4 Å². The van der Waals surface area contributed by atoms with E-state index in [2.05, 4.69) is 4.98 Å². The second kappa shape index (κ2) is 8.92. The van der Waals surface area contributed by atoms with Crippen molar-refractivity contribution in [3.8, 4) is 22.9 Å². The molecule has 9 heteroatoms. The molecule has 0 spiro atoms. The van der Waals surface area contributed by atoms with Crippen molar-refractivity contribution >= 4 is 17.4 Å². The number of fused-ring (bicyclic) bond motifs is 1. The number of para-hydroxylation sites is 1. The summed E-state index contributed by atoms with van der Waals surface area (Å²) in [6.07, 6.45) is 3.20. The highest BCUT2D eigenvalue weighted by molar-refractivity contribution is 5.86. The van der Waals surface area contributed by atoms with Crippen LogP contribution in [0.15, 0.2) is 66.9 Å². The maximum atomic E-state index is 12.7. The Balaban J connectivity index is 1.26. The number of rotatable bonds is 5. The molecule has 0 radical (unpaired) electrons. The summed E-state index contributed by atoms with van der Waals surface area (Å²) in [5.41, 5.74) is 7.69. The minimum Gasteiger partial charge on any atom is -0.457 e. The fourth-order valence-electron chi connectivity index (χ4n) is 4.94. The van der Waals surface area contributed by atoms with Crippen LogP contribution < -0.4 is 10.5 Å². The number of nitrogens with two attached hydrogens (primary N) is 1. The molecule has 2 saturated heterocycles. The van der Waals surface area contributed by atoms with Gasteiger partial charge in [-0.3, -0.25) is 9.20 Å². The number of carbonyl (C=O) groups excluding carboxylic acids is 1. The Kier molecular flexibility index (Phi) is 5.58. The number of nitrogens with zero attached hydrogens (tertiary/aromatic N) is 4. The van der Waals surface area contributed by atoms with Gasteiger partial charge in [0, 0.05) is 30.8 Å². The van der Waals surface area contributed by atoms with E-state index in [4.69, 9.17) is 20.2 Å². The van der Waals surface area contributed by atoms with E-state index in [0.29, 0.717) is 19.0 Å². The van der Waals surface area contributed by atoms with Crippen LogP contribution in [0.25, 0.3) is 16.9 Å². The Morgan fingerprint density at radius 3 is 2.39 bits per heavy atom. The predicted molar refractivity (Wildman–Crippen MR) is 134 cm³/mol. The van der Waals surface area contributed by atoms with Crippen LogP contribution in [-0.4, -0.2) is 62.2 Å². The van der Waals surface area contributed by atoms with E-state index in [-0.39, 0.29) is 25.0 Å². The molecule has 1 amide bonds. The van der Waals surface area contributed by atoms with E-state index in [1.165, 1.54) is 0 Å². The number of benzene rings is 2. The van der Waals surface area contributed by atoms with Crippen molar-refractivity contribution in [1.82, 2.24) is 19.3 Å². The summed E-state index contributed by atoms with van der Waals surface area (Å²) in [6.45, 7) is 1.27. The molecule has 2 aromatic carbocycles. The number of hydrogen-bond donors (Lipinski definition) is 2. The summed E-state index contributed by atoms with van der Waals surface area (Å²) < 4.78 is 12.9. The van der Waals surface area contributed by atoms with Crippen molar-refractivity contribution in [2.75, 3.05) is 32.0 Å². The van der Waals surface area contributed by atoms with Crippen LogP contribution in [0.2, 0.25) is 0 Å². The average molecular weight is 486 g/mol. The highest BCUT2D eigenvalue weighted by Crippen LogP contribution is 2.35. The summed E-state index contributed by atoms with van der Waals surface area (Å²) in [6, 6.07) is 19.3. The molecule has 4 aromatic rings. The Bertz CT molecular complexity index is 1390. The van der Waals surface area contributed by atoms with Crippen LogP contribution >= 0.6 is 0 Å². The van der Waals surface area contributed by atoms with Crippen molar-refractivity contribution in [3.63, 3.8) is 0 Å². The summed E-state index contributed by atoms with van der Waals surface area (Å²) >= 11 is 0. The van der Waals surface area contributed by atoms with Gasteiger partial charge in [0.2, 0.25) is 5.95 Å². The van der Waals surface area contributed by atoms with Gasteiger partial charge in [0.1, 0.15) is 17.3 Å². The largest absolute Gasteiger partial charge is 0.457 e. The summed E-state index contributed by atoms with van der Waals surface area (Å²) in [7, 11) is 0. The van der Waals surface area contributed by atoms with Crippen molar-refractivity contribution in [2.45, 2.75) is 24.4 Å². The minimum atomic E-state index is -1.36. The number of piperidine rings is 1. The third kappa shape index (κ3) is 3.96. The molecule has 0 saturated carbocycles. The minimum absolute atomic E-state index is 0.0717. The predicted octanol–water partition coefficient (Wildman–Crippen LogP) is 3.24. The molecule has 2 aromatic heterocycles. The monoisotopic (exact) mass is 485 g/mol. The van der Waals surface area contributed by atoms with E-state index in [0.717, 1.165) is 46.9 Å². The number of aromatic nitrogens is 3. The average Bonchev–Trinajstić information content (AvgIpc) is 3.29.